The van der Waals surface area contributed by atoms with Crippen molar-refractivity contribution in [2.45, 2.75) is 11.8 Å². The summed E-state index contributed by atoms with van der Waals surface area (Å²) < 4.78 is 28.3. The minimum atomic E-state index is -3.91. The van der Waals surface area contributed by atoms with Crippen molar-refractivity contribution >= 4 is 60.6 Å². The maximum atomic E-state index is 12.8. The second-order valence-electron chi connectivity index (χ2n) is 6.06. The summed E-state index contributed by atoms with van der Waals surface area (Å²) in [5.74, 6) is 0. The summed E-state index contributed by atoms with van der Waals surface area (Å²) in [6.45, 7) is 1.82. The Kier molecular flexibility index (Phi) is 5.01. The molecule has 9 heteroatoms. The van der Waals surface area contributed by atoms with E-state index in [1.165, 1.54) is 29.5 Å². The topological polar surface area (TPSA) is 72.0 Å². The van der Waals surface area contributed by atoms with Crippen LogP contribution in [0.2, 0.25) is 10.0 Å². The summed E-state index contributed by atoms with van der Waals surface area (Å²) in [6, 6.07) is 13.5. The standard InChI is InChI=1S/C19H13Cl2N3O2S2/c1-11-4-5-12(18-23-15-3-2-8-22-19(15)27-18)9-16(11)24-28(25,26)17-10-13(20)6-7-14(17)21/h2-10,24H,1H3. The van der Waals surface area contributed by atoms with Crippen LogP contribution in [0.15, 0.2) is 59.6 Å². The zero-order chi connectivity index (χ0) is 19.9. The van der Waals surface area contributed by atoms with Gasteiger partial charge in [-0.15, -0.1) is 0 Å². The fourth-order valence-corrected chi connectivity index (χ4v) is 5.43. The molecule has 1 N–H and O–H groups in total. The smallest absolute Gasteiger partial charge is 0.263 e. The minimum absolute atomic E-state index is 0.0735. The zero-order valence-electron chi connectivity index (χ0n) is 14.5. The molecule has 0 saturated heterocycles. The highest BCUT2D eigenvalue weighted by atomic mass is 35.5. The highest BCUT2D eigenvalue weighted by molar-refractivity contribution is 7.92. The normalized spacial score (nSPS) is 11.7. The number of rotatable bonds is 4. The maximum absolute atomic E-state index is 12.8. The fourth-order valence-electron chi connectivity index (χ4n) is 2.64. The average molecular weight is 450 g/mol. The zero-order valence-corrected chi connectivity index (χ0v) is 17.6. The lowest BCUT2D eigenvalue weighted by Crippen LogP contribution is -2.14. The largest absolute Gasteiger partial charge is 0.279 e. The summed E-state index contributed by atoms with van der Waals surface area (Å²) in [6.07, 6.45) is 1.72. The van der Waals surface area contributed by atoms with E-state index in [9.17, 15) is 8.42 Å². The van der Waals surface area contributed by atoms with Crippen LogP contribution in [0, 0.1) is 6.92 Å². The second-order valence-corrected chi connectivity index (χ2v) is 9.53. The van der Waals surface area contributed by atoms with Crippen LogP contribution in [0.3, 0.4) is 0 Å². The van der Waals surface area contributed by atoms with Gasteiger partial charge in [-0.05, 0) is 48.9 Å². The van der Waals surface area contributed by atoms with E-state index in [-0.39, 0.29) is 14.9 Å². The van der Waals surface area contributed by atoms with Crippen molar-refractivity contribution in [1.29, 1.82) is 0 Å². The molecule has 0 atom stereocenters. The van der Waals surface area contributed by atoms with Crippen LogP contribution < -0.4 is 4.72 Å². The Hall–Kier alpha value is -2.19. The lowest BCUT2D eigenvalue weighted by molar-refractivity contribution is 0.601. The number of thiazole rings is 1. The number of hydrogen-bond acceptors (Lipinski definition) is 5. The molecule has 0 aliphatic heterocycles. The van der Waals surface area contributed by atoms with Gasteiger partial charge in [0.25, 0.3) is 10.0 Å². The molecule has 0 fully saturated rings. The van der Waals surface area contributed by atoms with Crippen molar-refractivity contribution in [3.05, 3.63) is 70.3 Å². The van der Waals surface area contributed by atoms with E-state index in [0.29, 0.717) is 5.69 Å². The number of fused-ring (bicyclic) bond motifs is 1. The van der Waals surface area contributed by atoms with E-state index >= 15 is 0 Å². The Morgan fingerprint density at radius 1 is 1.07 bits per heavy atom. The molecule has 2 aromatic carbocycles. The van der Waals surface area contributed by atoms with Gasteiger partial charge >= 0.3 is 0 Å². The molecular weight excluding hydrogens is 437 g/mol. The van der Waals surface area contributed by atoms with Gasteiger partial charge in [0.05, 0.1) is 10.7 Å². The molecular formula is C19H13Cl2N3O2S2. The highest BCUT2D eigenvalue weighted by Gasteiger charge is 2.20. The maximum Gasteiger partial charge on any atom is 0.263 e. The van der Waals surface area contributed by atoms with Gasteiger partial charge in [-0.1, -0.05) is 46.7 Å². The first-order valence-electron chi connectivity index (χ1n) is 8.14. The van der Waals surface area contributed by atoms with Gasteiger partial charge in [-0.2, -0.15) is 0 Å². The molecule has 2 aromatic heterocycles. The molecule has 4 aromatic rings. The Morgan fingerprint density at radius 3 is 2.68 bits per heavy atom. The summed E-state index contributed by atoms with van der Waals surface area (Å²) >= 11 is 13.4. The predicted octanol–water partition coefficient (Wildman–Crippen LogP) is 5.77. The molecule has 5 nitrogen and oxygen atoms in total. The van der Waals surface area contributed by atoms with Crippen LogP contribution >= 0.6 is 34.5 Å². The Labute approximate surface area is 176 Å². The van der Waals surface area contributed by atoms with Gasteiger partial charge in [0.15, 0.2) is 0 Å². The van der Waals surface area contributed by atoms with Crippen molar-refractivity contribution in [3.8, 4) is 10.6 Å². The van der Waals surface area contributed by atoms with Gasteiger partial charge in [0.2, 0.25) is 0 Å². The molecule has 28 heavy (non-hydrogen) atoms. The van der Waals surface area contributed by atoms with Crippen molar-refractivity contribution in [1.82, 2.24) is 9.97 Å². The third-order valence-electron chi connectivity index (χ3n) is 4.08. The number of benzene rings is 2. The molecule has 0 aliphatic carbocycles. The number of nitrogens with zero attached hydrogens (tertiary/aromatic N) is 2. The number of aryl methyl sites for hydroxylation is 1. The van der Waals surface area contributed by atoms with Gasteiger partial charge < -0.3 is 0 Å². The molecule has 0 radical (unpaired) electrons. The van der Waals surface area contributed by atoms with Crippen LogP contribution in [-0.2, 0) is 10.0 Å². The number of nitrogens with one attached hydrogen (secondary N) is 1. The van der Waals surface area contributed by atoms with Crippen molar-refractivity contribution in [2.75, 3.05) is 4.72 Å². The van der Waals surface area contributed by atoms with Crippen LogP contribution in [-0.4, -0.2) is 18.4 Å². The van der Waals surface area contributed by atoms with Crippen molar-refractivity contribution in [2.24, 2.45) is 0 Å². The van der Waals surface area contributed by atoms with Gasteiger partial charge in [-0.25, -0.2) is 18.4 Å². The highest BCUT2D eigenvalue weighted by Crippen LogP contribution is 2.33. The third kappa shape index (κ3) is 3.71. The number of aromatic nitrogens is 2. The lowest BCUT2D eigenvalue weighted by atomic mass is 10.1. The fraction of sp³-hybridized carbons (Fsp3) is 0.0526. The molecule has 0 spiro atoms. The van der Waals surface area contributed by atoms with E-state index in [4.69, 9.17) is 23.2 Å². The Balaban J connectivity index is 1.74. The third-order valence-corrected chi connectivity index (χ3v) is 7.19. The predicted molar refractivity (Wildman–Crippen MR) is 115 cm³/mol. The first-order chi connectivity index (χ1) is 13.3. The number of sulfonamides is 1. The molecule has 142 valence electrons. The van der Waals surface area contributed by atoms with Gasteiger partial charge in [0.1, 0.15) is 20.3 Å². The van der Waals surface area contributed by atoms with Crippen LogP contribution in [0.4, 0.5) is 5.69 Å². The molecule has 2 heterocycles. The van der Waals surface area contributed by atoms with Crippen molar-refractivity contribution < 1.29 is 8.42 Å². The monoisotopic (exact) mass is 449 g/mol. The Bertz CT molecular complexity index is 1270. The summed E-state index contributed by atoms with van der Waals surface area (Å²) in [5.41, 5.74) is 2.81. The molecule has 0 amide bonds. The van der Waals surface area contributed by atoms with E-state index in [1.54, 1.807) is 12.3 Å². The quantitative estimate of drug-likeness (QED) is 0.428. The van der Waals surface area contributed by atoms with E-state index in [1.807, 2.05) is 31.2 Å². The van der Waals surface area contributed by atoms with E-state index < -0.39 is 10.0 Å². The van der Waals surface area contributed by atoms with Gasteiger partial charge in [-0.3, -0.25) is 4.72 Å². The summed E-state index contributed by atoms with van der Waals surface area (Å²) in [5, 5.41) is 1.15. The van der Waals surface area contributed by atoms with E-state index in [2.05, 4.69) is 14.7 Å². The van der Waals surface area contributed by atoms with Crippen LogP contribution in [0.5, 0.6) is 0 Å². The first kappa shape index (κ1) is 19.1. The number of hydrogen-bond donors (Lipinski definition) is 1. The SMILES string of the molecule is Cc1ccc(-c2nc3cccnc3s2)cc1NS(=O)(=O)c1cc(Cl)ccc1Cl. The molecule has 4 rings (SSSR count). The molecule has 0 bridgehead atoms. The number of pyridine rings is 1. The van der Waals surface area contributed by atoms with Crippen LogP contribution in [0.25, 0.3) is 20.9 Å². The first-order valence-corrected chi connectivity index (χ1v) is 11.2. The van der Waals surface area contributed by atoms with E-state index in [0.717, 1.165) is 26.5 Å². The van der Waals surface area contributed by atoms with Crippen LogP contribution in [0.1, 0.15) is 5.56 Å². The average Bonchev–Trinajstić information content (AvgIpc) is 3.09. The lowest BCUT2D eigenvalue weighted by Gasteiger charge is -2.13. The van der Waals surface area contributed by atoms with Crippen molar-refractivity contribution in [3.63, 3.8) is 0 Å². The number of anilines is 1. The summed E-state index contributed by atoms with van der Waals surface area (Å²) in [7, 11) is -3.91. The minimum Gasteiger partial charge on any atom is -0.279 e. The Morgan fingerprint density at radius 2 is 1.89 bits per heavy atom. The second kappa shape index (κ2) is 7.33. The molecule has 0 unspecified atom stereocenters. The molecule has 0 saturated carbocycles. The number of halogens is 2. The van der Waals surface area contributed by atoms with Gasteiger partial charge in [0, 0.05) is 16.8 Å². The summed E-state index contributed by atoms with van der Waals surface area (Å²) in [4.78, 5) is 9.63. The molecule has 0 aliphatic rings.